The Bertz CT molecular complexity index is 377. The molecular formula is C6H11N3O2S2. The lowest BCUT2D eigenvalue weighted by Gasteiger charge is -2.00. The average molecular weight is 221 g/mol. The van der Waals surface area contributed by atoms with Crippen LogP contribution in [0.2, 0.25) is 0 Å². The Labute approximate surface area is 81.4 Å². The summed E-state index contributed by atoms with van der Waals surface area (Å²) in [4.78, 5) is 5.04. The van der Waals surface area contributed by atoms with Crippen molar-refractivity contribution in [2.24, 2.45) is 0 Å². The molecule has 0 aliphatic heterocycles. The topological polar surface area (TPSA) is 71.1 Å². The number of thiazole rings is 1. The van der Waals surface area contributed by atoms with E-state index in [4.69, 9.17) is 0 Å². The summed E-state index contributed by atoms with van der Waals surface area (Å²) < 4.78 is 26.5. The van der Waals surface area contributed by atoms with Crippen molar-refractivity contribution in [2.45, 2.75) is 13.8 Å². The van der Waals surface area contributed by atoms with Crippen LogP contribution in [0.1, 0.15) is 10.6 Å². The Hall–Kier alpha value is -0.660. The molecule has 1 heterocycles. The van der Waals surface area contributed by atoms with Gasteiger partial charge in [0.2, 0.25) is 0 Å². The van der Waals surface area contributed by atoms with Crippen molar-refractivity contribution < 1.29 is 8.42 Å². The Morgan fingerprint density at radius 2 is 2.00 bits per heavy atom. The molecule has 0 radical (unpaired) electrons. The van der Waals surface area contributed by atoms with Crippen LogP contribution in [0.3, 0.4) is 0 Å². The molecule has 0 fully saturated rings. The van der Waals surface area contributed by atoms with Gasteiger partial charge in [0, 0.05) is 11.9 Å². The molecule has 0 atom stereocenters. The van der Waals surface area contributed by atoms with Gasteiger partial charge >= 0.3 is 10.2 Å². The van der Waals surface area contributed by atoms with Gasteiger partial charge in [-0.25, -0.2) is 14.4 Å². The van der Waals surface area contributed by atoms with E-state index in [1.807, 2.05) is 13.8 Å². The van der Waals surface area contributed by atoms with E-state index in [2.05, 4.69) is 14.4 Å². The normalized spacial score (nSPS) is 11.6. The van der Waals surface area contributed by atoms with Gasteiger partial charge in [-0.3, -0.25) is 0 Å². The number of aryl methyl sites for hydroxylation is 2. The first-order valence-corrected chi connectivity index (χ1v) is 5.90. The van der Waals surface area contributed by atoms with Crippen LogP contribution in [0.4, 0.5) is 5.13 Å². The molecule has 0 unspecified atom stereocenters. The van der Waals surface area contributed by atoms with Crippen molar-refractivity contribution in [3.8, 4) is 0 Å². The molecule has 0 amide bonds. The number of rotatable bonds is 3. The highest BCUT2D eigenvalue weighted by molar-refractivity contribution is 7.91. The van der Waals surface area contributed by atoms with Crippen molar-refractivity contribution in [1.82, 2.24) is 9.71 Å². The van der Waals surface area contributed by atoms with E-state index in [9.17, 15) is 8.42 Å². The van der Waals surface area contributed by atoms with Crippen molar-refractivity contribution in [3.63, 3.8) is 0 Å². The van der Waals surface area contributed by atoms with Crippen molar-refractivity contribution >= 4 is 26.7 Å². The zero-order chi connectivity index (χ0) is 10.1. The number of nitrogens with one attached hydrogen (secondary N) is 2. The molecule has 74 valence electrons. The summed E-state index contributed by atoms with van der Waals surface area (Å²) in [5.74, 6) is 0. The summed E-state index contributed by atoms with van der Waals surface area (Å²) in [5.41, 5.74) is 0.846. The second-order valence-electron chi connectivity index (χ2n) is 2.47. The molecule has 5 nitrogen and oxygen atoms in total. The Morgan fingerprint density at radius 3 is 2.38 bits per heavy atom. The van der Waals surface area contributed by atoms with Gasteiger partial charge in [-0.15, -0.1) is 11.3 Å². The maximum atomic E-state index is 11.0. The molecule has 7 heteroatoms. The number of aromatic nitrogens is 1. The molecule has 0 bridgehead atoms. The minimum atomic E-state index is -3.43. The summed E-state index contributed by atoms with van der Waals surface area (Å²) in [5, 5.41) is 0.393. The Balaban J connectivity index is 2.87. The quantitative estimate of drug-likeness (QED) is 0.786. The summed E-state index contributed by atoms with van der Waals surface area (Å²) in [7, 11) is -2.09. The first-order chi connectivity index (χ1) is 5.94. The van der Waals surface area contributed by atoms with E-state index in [0.717, 1.165) is 10.6 Å². The van der Waals surface area contributed by atoms with Gasteiger partial charge in [-0.2, -0.15) is 8.42 Å². The fourth-order valence-electron chi connectivity index (χ4n) is 0.682. The maximum absolute atomic E-state index is 11.0. The van der Waals surface area contributed by atoms with Crippen LogP contribution in [-0.4, -0.2) is 20.4 Å². The summed E-state index contributed by atoms with van der Waals surface area (Å²) in [6.45, 7) is 3.73. The first-order valence-electron chi connectivity index (χ1n) is 3.60. The van der Waals surface area contributed by atoms with Gasteiger partial charge in [-0.1, -0.05) is 0 Å². The van der Waals surface area contributed by atoms with Gasteiger partial charge in [0.25, 0.3) is 0 Å². The minimum absolute atomic E-state index is 0.393. The number of hydrogen-bond acceptors (Lipinski definition) is 4. The first kappa shape index (κ1) is 10.4. The third-order valence-electron chi connectivity index (χ3n) is 1.52. The second kappa shape index (κ2) is 3.60. The fourth-order valence-corrected chi connectivity index (χ4v) is 2.22. The SMILES string of the molecule is CNS(=O)(=O)Nc1nc(C)c(C)s1. The molecule has 2 N–H and O–H groups in total. The average Bonchev–Trinajstić information content (AvgIpc) is 2.30. The van der Waals surface area contributed by atoms with Gasteiger partial charge in [-0.05, 0) is 13.8 Å². The van der Waals surface area contributed by atoms with E-state index in [1.54, 1.807) is 0 Å². The third kappa shape index (κ3) is 2.64. The van der Waals surface area contributed by atoms with Crippen LogP contribution >= 0.6 is 11.3 Å². The third-order valence-corrected chi connectivity index (χ3v) is 3.64. The van der Waals surface area contributed by atoms with Crippen LogP contribution < -0.4 is 9.44 Å². The number of nitrogens with zero attached hydrogens (tertiary/aromatic N) is 1. The molecule has 13 heavy (non-hydrogen) atoms. The Morgan fingerprint density at radius 1 is 1.38 bits per heavy atom. The van der Waals surface area contributed by atoms with E-state index in [1.165, 1.54) is 18.4 Å². The molecule has 1 aromatic heterocycles. The van der Waals surface area contributed by atoms with E-state index < -0.39 is 10.2 Å². The van der Waals surface area contributed by atoms with E-state index in [0.29, 0.717) is 5.13 Å². The number of anilines is 1. The van der Waals surface area contributed by atoms with Crippen molar-refractivity contribution in [1.29, 1.82) is 0 Å². The zero-order valence-corrected chi connectivity index (χ0v) is 9.21. The molecule has 1 aromatic rings. The Kier molecular flexibility index (Phi) is 2.89. The second-order valence-corrected chi connectivity index (χ2v) is 5.29. The predicted molar refractivity (Wildman–Crippen MR) is 53.2 cm³/mol. The smallest absolute Gasteiger partial charge is 0.246 e. The predicted octanol–water partition coefficient (Wildman–Crippen LogP) is 0.636. The maximum Gasteiger partial charge on any atom is 0.300 e. The standard InChI is InChI=1S/C6H11N3O2S2/c1-4-5(2)12-6(8-4)9-13(10,11)7-3/h7H,1-3H3,(H,8,9). The zero-order valence-electron chi connectivity index (χ0n) is 7.58. The van der Waals surface area contributed by atoms with Crippen LogP contribution in [0.5, 0.6) is 0 Å². The summed E-state index contributed by atoms with van der Waals surface area (Å²) in [6.07, 6.45) is 0. The highest BCUT2D eigenvalue weighted by Gasteiger charge is 2.10. The van der Waals surface area contributed by atoms with Gasteiger partial charge in [0.05, 0.1) is 5.69 Å². The van der Waals surface area contributed by atoms with E-state index in [-0.39, 0.29) is 0 Å². The molecule has 0 aliphatic rings. The lowest BCUT2D eigenvalue weighted by atomic mass is 10.4. The molecule has 0 spiro atoms. The van der Waals surface area contributed by atoms with Crippen LogP contribution in [0.25, 0.3) is 0 Å². The highest BCUT2D eigenvalue weighted by Crippen LogP contribution is 2.21. The van der Waals surface area contributed by atoms with E-state index >= 15 is 0 Å². The lowest BCUT2D eigenvalue weighted by Crippen LogP contribution is -2.26. The van der Waals surface area contributed by atoms with Crippen molar-refractivity contribution in [3.05, 3.63) is 10.6 Å². The molecule has 1 rings (SSSR count). The molecule has 0 aliphatic carbocycles. The molecular weight excluding hydrogens is 210 g/mol. The molecule has 0 aromatic carbocycles. The van der Waals surface area contributed by atoms with Crippen LogP contribution in [0, 0.1) is 13.8 Å². The van der Waals surface area contributed by atoms with Crippen LogP contribution in [0.15, 0.2) is 0 Å². The fraction of sp³-hybridized carbons (Fsp3) is 0.500. The summed E-state index contributed by atoms with van der Waals surface area (Å²) in [6, 6.07) is 0. The largest absolute Gasteiger partial charge is 0.300 e. The van der Waals surface area contributed by atoms with Gasteiger partial charge in [0.1, 0.15) is 0 Å². The molecule has 0 saturated heterocycles. The minimum Gasteiger partial charge on any atom is -0.246 e. The lowest BCUT2D eigenvalue weighted by molar-refractivity contribution is 0.593. The number of hydrogen-bond donors (Lipinski definition) is 2. The van der Waals surface area contributed by atoms with Gasteiger partial charge in [0.15, 0.2) is 5.13 Å². The monoisotopic (exact) mass is 221 g/mol. The summed E-state index contributed by atoms with van der Waals surface area (Å²) >= 11 is 1.32. The highest BCUT2D eigenvalue weighted by atomic mass is 32.2. The van der Waals surface area contributed by atoms with Crippen molar-refractivity contribution in [2.75, 3.05) is 11.8 Å². The van der Waals surface area contributed by atoms with Crippen LogP contribution in [-0.2, 0) is 10.2 Å². The molecule has 0 saturated carbocycles. The van der Waals surface area contributed by atoms with Gasteiger partial charge < -0.3 is 0 Å².